The molecule has 1 unspecified atom stereocenters. The van der Waals surface area contributed by atoms with Crippen molar-refractivity contribution in [3.8, 4) is 0 Å². The van der Waals surface area contributed by atoms with E-state index in [4.69, 9.17) is 0 Å². The van der Waals surface area contributed by atoms with Gasteiger partial charge in [0.2, 0.25) is 5.91 Å². The summed E-state index contributed by atoms with van der Waals surface area (Å²) in [6.45, 7) is 0.850. The molecule has 0 radical (unpaired) electrons. The van der Waals surface area contributed by atoms with Crippen LogP contribution in [0, 0.1) is 0 Å². The second-order valence-electron chi connectivity index (χ2n) is 7.27. The van der Waals surface area contributed by atoms with Gasteiger partial charge in [0.25, 0.3) is 0 Å². The van der Waals surface area contributed by atoms with E-state index in [9.17, 15) is 27.9 Å². The molecule has 1 N–H and O–H groups in total. The summed E-state index contributed by atoms with van der Waals surface area (Å²) < 4.78 is 38.1. The summed E-state index contributed by atoms with van der Waals surface area (Å²) in [5.74, 6) is -1.08. The summed E-state index contributed by atoms with van der Waals surface area (Å²) in [5, 5.41) is 9.35. The van der Waals surface area contributed by atoms with Gasteiger partial charge in [0.1, 0.15) is 6.04 Å². The zero-order valence-corrected chi connectivity index (χ0v) is 14.9. The third kappa shape index (κ3) is 5.00. The van der Waals surface area contributed by atoms with Crippen molar-refractivity contribution in [3.63, 3.8) is 0 Å². The monoisotopic (exact) mass is 384 g/mol. The number of nitrogens with zero attached hydrogens (tertiary/aromatic N) is 2. The molecule has 1 aromatic carbocycles. The fourth-order valence-corrected chi connectivity index (χ4v) is 3.53. The Morgan fingerprint density at radius 2 is 1.78 bits per heavy atom. The number of piperidine rings is 1. The zero-order valence-electron chi connectivity index (χ0n) is 14.9. The predicted molar refractivity (Wildman–Crippen MR) is 91.9 cm³/mol. The normalized spacial score (nSPS) is 21.1. The number of hydrogen-bond donors (Lipinski definition) is 1. The van der Waals surface area contributed by atoms with Crippen LogP contribution in [-0.4, -0.2) is 52.0 Å². The van der Waals surface area contributed by atoms with Crippen LogP contribution in [0.25, 0.3) is 0 Å². The molecule has 0 spiro atoms. The molecule has 2 fully saturated rings. The van der Waals surface area contributed by atoms with Crippen LogP contribution >= 0.6 is 0 Å². The summed E-state index contributed by atoms with van der Waals surface area (Å²) in [6, 6.07) is 4.29. The number of carbonyl (C=O) groups excluding carboxylic acids is 1. The molecule has 1 heterocycles. The number of halogens is 3. The van der Waals surface area contributed by atoms with Crippen LogP contribution in [0.1, 0.15) is 43.2 Å². The van der Waals surface area contributed by atoms with E-state index in [1.165, 1.54) is 12.1 Å². The van der Waals surface area contributed by atoms with Gasteiger partial charge < -0.3 is 10.0 Å². The van der Waals surface area contributed by atoms with Gasteiger partial charge in [0, 0.05) is 12.6 Å². The Morgan fingerprint density at radius 1 is 1.11 bits per heavy atom. The van der Waals surface area contributed by atoms with E-state index in [1.54, 1.807) is 9.80 Å². The quantitative estimate of drug-likeness (QED) is 0.819. The first-order chi connectivity index (χ1) is 12.8. The largest absolute Gasteiger partial charge is 0.480 e. The maximum atomic E-state index is 12.8. The molecule has 5 nitrogen and oxygen atoms in total. The van der Waals surface area contributed by atoms with Crippen LogP contribution in [-0.2, 0) is 22.3 Å². The maximum Gasteiger partial charge on any atom is 0.416 e. The van der Waals surface area contributed by atoms with Crippen molar-refractivity contribution in [3.05, 3.63) is 35.4 Å². The van der Waals surface area contributed by atoms with Crippen LogP contribution in [0.4, 0.5) is 13.2 Å². The van der Waals surface area contributed by atoms with Gasteiger partial charge in [-0.25, -0.2) is 0 Å². The third-order valence-corrected chi connectivity index (χ3v) is 5.18. The minimum atomic E-state index is -4.38. The summed E-state index contributed by atoms with van der Waals surface area (Å²) in [6.07, 6.45) is -0.419. The van der Waals surface area contributed by atoms with Crippen LogP contribution in [0.5, 0.6) is 0 Å². The van der Waals surface area contributed by atoms with Gasteiger partial charge in [-0.2, -0.15) is 13.2 Å². The van der Waals surface area contributed by atoms with Crippen molar-refractivity contribution in [2.75, 3.05) is 13.1 Å². The van der Waals surface area contributed by atoms with Gasteiger partial charge in [-0.1, -0.05) is 18.6 Å². The zero-order chi connectivity index (χ0) is 19.6. The molecule has 1 aliphatic heterocycles. The molecule has 1 aromatic rings. The van der Waals surface area contributed by atoms with E-state index in [0.717, 1.165) is 37.8 Å². The van der Waals surface area contributed by atoms with Crippen molar-refractivity contribution in [2.45, 2.75) is 56.9 Å². The standard InChI is InChI=1S/C19H23F3N2O3/c20-19(21,22)14-6-4-13(5-7-14)11-24(15-8-9-15)17(25)12-23-10-2-1-3-16(23)18(26)27/h4-7,15-16H,1-3,8-12H2,(H,26,27). The number of rotatable bonds is 6. The molecule has 0 aromatic heterocycles. The Bertz CT molecular complexity index is 686. The maximum absolute atomic E-state index is 12.8. The Balaban J connectivity index is 1.66. The number of benzene rings is 1. The number of carboxylic acids is 1. The van der Waals surface area contributed by atoms with Gasteiger partial charge in [-0.05, 0) is 49.9 Å². The SMILES string of the molecule is O=C(O)C1CCCCN1CC(=O)N(Cc1ccc(C(F)(F)F)cc1)C1CC1. The van der Waals surface area contributed by atoms with Crippen molar-refractivity contribution >= 4 is 11.9 Å². The number of alkyl halides is 3. The van der Waals surface area contributed by atoms with E-state index < -0.39 is 23.8 Å². The Labute approximate surface area is 155 Å². The molecule has 1 saturated carbocycles. The van der Waals surface area contributed by atoms with E-state index >= 15 is 0 Å². The van der Waals surface area contributed by atoms with Crippen molar-refractivity contribution in [1.29, 1.82) is 0 Å². The molecular formula is C19H23F3N2O3. The van der Waals surface area contributed by atoms with Crippen molar-refractivity contribution in [2.24, 2.45) is 0 Å². The first-order valence-corrected chi connectivity index (χ1v) is 9.18. The highest BCUT2D eigenvalue weighted by Crippen LogP contribution is 2.31. The fraction of sp³-hybridized carbons (Fsp3) is 0.579. The topological polar surface area (TPSA) is 60.9 Å². The van der Waals surface area contributed by atoms with Crippen LogP contribution in [0.3, 0.4) is 0 Å². The van der Waals surface area contributed by atoms with Gasteiger partial charge >= 0.3 is 12.1 Å². The molecule has 27 heavy (non-hydrogen) atoms. The Kier molecular flexibility index (Phi) is 5.74. The molecule has 1 saturated heterocycles. The molecule has 0 bridgehead atoms. The predicted octanol–water partition coefficient (Wildman–Crippen LogP) is 3.14. The highest BCUT2D eigenvalue weighted by atomic mass is 19.4. The van der Waals surface area contributed by atoms with E-state index in [2.05, 4.69) is 0 Å². The lowest BCUT2D eigenvalue weighted by Crippen LogP contribution is -2.50. The van der Waals surface area contributed by atoms with Crippen molar-refractivity contribution in [1.82, 2.24) is 9.80 Å². The number of carboxylic acid groups (broad SMARTS) is 1. The highest BCUT2D eigenvalue weighted by molar-refractivity contribution is 5.80. The number of likely N-dealkylation sites (tertiary alicyclic amines) is 1. The van der Waals surface area contributed by atoms with Crippen LogP contribution < -0.4 is 0 Å². The average Bonchev–Trinajstić information content (AvgIpc) is 3.44. The minimum Gasteiger partial charge on any atom is -0.480 e. The minimum absolute atomic E-state index is 0.0358. The number of amides is 1. The highest BCUT2D eigenvalue weighted by Gasteiger charge is 2.36. The third-order valence-electron chi connectivity index (χ3n) is 5.18. The average molecular weight is 384 g/mol. The fourth-order valence-electron chi connectivity index (χ4n) is 3.53. The van der Waals surface area contributed by atoms with Gasteiger partial charge in [-0.15, -0.1) is 0 Å². The van der Waals surface area contributed by atoms with E-state index in [-0.39, 0.29) is 25.0 Å². The van der Waals surface area contributed by atoms with Gasteiger partial charge in [-0.3, -0.25) is 14.5 Å². The Morgan fingerprint density at radius 3 is 2.33 bits per heavy atom. The summed E-state index contributed by atoms with van der Waals surface area (Å²) in [4.78, 5) is 27.6. The summed E-state index contributed by atoms with van der Waals surface area (Å²) >= 11 is 0. The summed E-state index contributed by atoms with van der Waals surface area (Å²) in [7, 11) is 0. The number of hydrogen-bond acceptors (Lipinski definition) is 3. The lowest BCUT2D eigenvalue weighted by molar-refractivity contribution is -0.146. The molecule has 8 heteroatoms. The molecule has 1 atom stereocenters. The number of aliphatic carboxylic acids is 1. The Hall–Kier alpha value is -2.09. The molecule has 148 valence electrons. The molecular weight excluding hydrogens is 361 g/mol. The summed E-state index contributed by atoms with van der Waals surface area (Å²) in [5.41, 5.74) is -0.0788. The molecule has 3 rings (SSSR count). The van der Waals surface area contributed by atoms with Crippen LogP contribution in [0.15, 0.2) is 24.3 Å². The number of carbonyl (C=O) groups is 2. The van der Waals surface area contributed by atoms with Crippen LogP contribution in [0.2, 0.25) is 0 Å². The van der Waals surface area contributed by atoms with Gasteiger partial charge in [0.15, 0.2) is 0 Å². The molecule has 2 aliphatic rings. The van der Waals surface area contributed by atoms with E-state index in [0.29, 0.717) is 18.5 Å². The molecule has 1 aliphatic carbocycles. The second-order valence-corrected chi connectivity index (χ2v) is 7.27. The molecule has 1 amide bonds. The second kappa shape index (κ2) is 7.88. The smallest absolute Gasteiger partial charge is 0.416 e. The lowest BCUT2D eigenvalue weighted by Gasteiger charge is -2.34. The lowest BCUT2D eigenvalue weighted by atomic mass is 10.0. The first-order valence-electron chi connectivity index (χ1n) is 9.18. The first kappa shape index (κ1) is 19.7. The van der Waals surface area contributed by atoms with Crippen molar-refractivity contribution < 1.29 is 27.9 Å². The van der Waals surface area contributed by atoms with E-state index in [1.807, 2.05) is 0 Å². The van der Waals surface area contributed by atoms with Gasteiger partial charge in [0.05, 0.1) is 12.1 Å².